The Morgan fingerprint density at radius 3 is 2.38 bits per heavy atom. The number of rotatable bonds is 11. The van der Waals surface area contributed by atoms with Crippen LogP contribution in [0.4, 0.5) is 8.78 Å². The molecule has 1 aromatic carbocycles. The first-order valence-electron chi connectivity index (χ1n) is 13.4. The molecule has 0 aliphatic heterocycles. The first-order valence-corrected chi connectivity index (χ1v) is 13.4. The molecule has 3 rings (SSSR count). The maximum absolute atomic E-state index is 14.9. The Hall–Kier alpha value is -1.44. The minimum atomic E-state index is -0.664. The van der Waals surface area contributed by atoms with Crippen molar-refractivity contribution in [2.45, 2.75) is 116 Å². The van der Waals surface area contributed by atoms with Crippen LogP contribution in [0.15, 0.2) is 29.9 Å². The molecule has 0 heterocycles. The second-order valence-corrected chi connectivity index (χ2v) is 10.3. The van der Waals surface area contributed by atoms with Crippen LogP contribution in [-0.2, 0) is 0 Å². The molecule has 1 saturated carbocycles. The van der Waals surface area contributed by atoms with E-state index in [1.165, 1.54) is 63.4 Å². The number of benzene rings is 1. The number of allylic oxidation sites excluding steroid dienone is 3. The van der Waals surface area contributed by atoms with Crippen molar-refractivity contribution in [2.75, 3.05) is 0 Å². The molecule has 0 N–H and O–H groups in total. The van der Waals surface area contributed by atoms with Crippen LogP contribution in [0.1, 0.15) is 127 Å². The van der Waals surface area contributed by atoms with E-state index in [9.17, 15) is 8.78 Å². The number of hydrogen-bond donors (Lipinski definition) is 0. The van der Waals surface area contributed by atoms with Gasteiger partial charge in [0.25, 0.3) is 0 Å². The highest BCUT2D eigenvalue weighted by molar-refractivity contribution is 5.51. The molecule has 0 amide bonds. The first-order chi connectivity index (χ1) is 15.6. The van der Waals surface area contributed by atoms with Crippen molar-refractivity contribution >= 4 is 6.08 Å². The average Bonchev–Trinajstić information content (AvgIpc) is 2.81. The molecule has 2 aliphatic carbocycles. The molecular weight excluding hydrogens is 398 g/mol. The van der Waals surface area contributed by atoms with E-state index in [1.807, 2.05) is 12.1 Å². The lowest BCUT2D eigenvalue weighted by Crippen LogP contribution is -2.15. The summed E-state index contributed by atoms with van der Waals surface area (Å²) in [4.78, 5) is 0. The van der Waals surface area contributed by atoms with E-state index in [-0.39, 0.29) is 5.92 Å². The van der Waals surface area contributed by atoms with Gasteiger partial charge in [-0.3, -0.25) is 0 Å². The summed E-state index contributed by atoms with van der Waals surface area (Å²) in [7, 11) is 0. The fourth-order valence-electron chi connectivity index (χ4n) is 5.79. The van der Waals surface area contributed by atoms with Crippen LogP contribution in [0, 0.1) is 23.5 Å². The summed E-state index contributed by atoms with van der Waals surface area (Å²) in [5.74, 6) is 0.553. The second kappa shape index (κ2) is 13.3. The van der Waals surface area contributed by atoms with Crippen molar-refractivity contribution < 1.29 is 8.78 Å². The third kappa shape index (κ3) is 7.29. The van der Waals surface area contributed by atoms with Crippen molar-refractivity contribution in [3.05, 3.63) is 52.6 Å². The standard InChI is InChI=1S/C30H44F2/c1-3-5-6-10-25-17-19-26(20-18-25)28-22-21-27(29(31)30(28)32)12-8-7-11-24-15-13-23(9-4-2)14-16-24/h8,12,15,21-23,25-26H,3-7,9-11,13-14,16-20H2,1-2H3/b12-8+. The van der Waals surface area contributed by atoms with Gasteiger partial charge in [-0.15, -0.1) is 0 Å². The molecule has 0 radical (unpaired) electrons. The molecule has 0 bridgehead atoms. The fraction of sp³-hybridized carbons (Fsp3) is 0.667. The molecule has 0 nitrogen and oxygen atoms in total. The van der Waals surface area contributed by atoms with Crippen LogP contribution in [-0.4, -0.2) is 0 Å². The van der Waals surface area contributed by atoms with Gasteiger partial charge in [0, 0.05) is 5.56 Å². The van der Waals surface area contributed by atoms with Crippen molar-refractivity contribution in [3.63, 3.8) is 0 Å². The van der Waals surface area contributed by atoms with Crippen LogP contribution >= 0.6 is 0 Å². The highest BCUT2D eigenvalue weighted by Crippen LogP contribution is 2.39. The summed E-state index contributed by atoms with van der Waals surface area (Å²) in [6.45, 7) is 4.50. The zero-order chi connectivity index (χ0) is 22.8. The van der Waals surface area contributed by atoms with Gasteiger partial charge >= 0.3 is 0 Å². The van der Waals surface area contributed by atoms with E-state index in [0.29, 0.717) is 11.1 Å². The Kier molecular flexibility index (Phi) is 10.5. The van der Waals surface area contributed by atoms with E-state index in [0.717, 1.165) is 50.4 Å². The molecule has 0 aromatic heterocycles. The van der Waals surface area contributed by atoms with Crippen LogP contribution in [0.25, 0.3) is 6.08 Å². The van der Waals surface area contributed by atoms with E-state index >= 15 is 0 Å². The molecule has 1 fully saturated rings. The highest BCUT2D eigenvalue weighted by atomic mass is 19.2. The lowest BCUT2D eigenvalue weighted by atomic mass is 9.76. The SMILES string of the molecule is CCCCCC1CCC(c2ccc(/C=C/CCC3=CCC(CCC)CC3)c(F)c2F)CC1. The Morgan fingerprint density at radius 2 is 1.69 bits per heavy atom. The molecule has 1 aromatic rings. The monoisotopic (exact) mass is 442 g/mol. The van der Waals surface area contributed by atoms with Crippen molar-refractivity contribution in [1.29, 1.82) is 0 Å². The molecule has 1 atom stereocenters. The Balaban J connectivity index is 1.48. The predicted octanol–water partition coefficient (Wildman–Crippen LogP) is 10.1. The van der Waals surface area contributed by atoms with Crippen molar-refractivity contribution in [2.24, 2.45) is 11.8 Å². The average molecular weight is 443 g/mol. The highest BCUT2D eigenvalue weighted by Gasteiger charge is 2.25. The maximum atomic E-state index is 14.9. The Morgan fingerprint density at radius 1 is 0.875 bits per heavy atom. The Bertz CT molecular complexity index is 752. The summed E-state index contributed by atoms with van der Waals surface area (Å²) in [6.07, 6.45) is 24.0. The zero-order valence-corrected chi connectivity index (χ0v) is 20.5. The summed E-state index contributed by atoms with van der Waals surface area (Å²) >= 11 is 0. The fourth-order valence-corrected chi connectivity index (χ4v) is 5.79. The molecule has 178 valence electrons. The quantitative estimate of drug-likeness (QED) is 0.236. The van der Waals surface area contributed by atoms with Crippen LogP contribution in [0.5, 0.6) is 0 Å². The largest absolute Gasteiger partial charge is 0.203 e. The smallest absolute Gasteiger partial charge is 0.166 e. The molecule has 0 spiro atoms. The van der Waals surface area contributed by atoms with E-state index in [2.05, 4.69) is 19.9 Å². The summed E-state index contributed by atoms with van der Waals surface area (Å²) < 4.78 is 29.6. The van der Waals surface area contributed by atoms with E-state index in [1.54, 1.807) is 12.1 Å². The van der Waals surface area contributed by atoms with Gasteiger partial charge in [0.2, 0.25) is 0 Å². The number of unbranched alkanes of at least 4 members (excludes halogenated alkanes) is 2. The molecule has 1 unspecified atom stereocenters. The van der Waals surface area contributed by atoms with Crippen LogP contribution < -0.4 is 0 Å². The lowest BCUT2D eigenvalue weighted by Gasteiger charge is -2.29. The molecule has 2 heteroatoms. The normalized spacial score (nSPS) is 24.1. The van der Waals surface area contributed by atoms with E-state index < -0.39 is 11.6 Å². The minimum Gasteiger partial charge on any atom is -0.203 e. The van der Waals surface area contributed by atoms with Crippen LogP contribution in [0.3, 0.4) is 0 Å². The second-order valence-electron chi connectivity index (χ2n) is 10.3. The Labute approximate surface area is 195 Å². The topological polar surface area (TPSA) is 0 Å². The van der Waals surface area contributed by atoms with Gasteiger partial charge < -0.3 is 0 Å². The predicted molar refractivity (Wildman–Crippen MR) is 134 cm³/mol. The summed E-state index contributed by atoms with van der Waals surface area (Å²) in [6, 6.07) is 3.63. The molecule has 32 heavy (non-hydrogen) atoms. The van der Waals surface area contributed by atoms with Gasteiger partial charge in [-0.1, -0.05) is 88.3 Å². The number of hydrogen-bond acceptors (Lipinski definition) is 0. The van der Waals surface area contributed by atoms with Crippen molar-refractivity contribution in [3.8, 4) is 0 Å². The lowest BCUT2D eigenvalue weighted by molar-refractivity contribution is 0.298. The van der Waals surface area contributed by atoms with Gasteiger partial charge in [0.15, 0.2) is 11.6 Å². The van der Waals surface area contributed by atoms with Crippen LogP contribution in [0.2, 0.25) is 0 Å². The van der Waals surface area contributed by atoms with E-state index in [4.69, 9.17) is 0 Å². The summed E-state index contributed by atoms with van der Waals surface area (Å²) in [5, 5.41) is 0. The van der Waals surface area contributed by atoms with Gasteiger partial charge in [-0.05, 0) is 81.1 Å². The first kappa shape index (κ1) is 25.2. The minimum absolute atomic E-state index is 0.180. The van der Waals surface area contributed by atoms with Gasteiger partial charge in [-0.2, -0.15) is 0 Å². The zero-order valence-electron chi connectivity index (χ0n) is 20.5. The third-order valence-electron chi connectivity index (χ3n) is 7.88. The molecular formula is C30H44F2. The van der Waals surface area contributed by atoms with Gasteiger partial charge in [0.1, 0.15) is 0 Å². The third-order valence-corrected chi connectivity index (χ3v) is 7.88. The molecule has 0 saturated heterocycles. The van der Waals surface area contributed by atoms with Crippen molar-refractivity contribution in [1.82, 2.24) is 0 Å². The number of halogens is 2. The maximum Gasteiger partial charge on any atom is 0.166 e. The summed E-state index contributed by atoms with van der Waals surface area (Å²) in [5.41, 5.74) is 2.52. The molecule has 2 aliphatic rings. The van der Waals surface area contributed by atoms with Gasteiger partial charge in [0.05, 0.1) is 0 Å². The van der Waals surface area contributed by atoms with Gasteiger partial charge in [-0.25, -0.2) is 8.78 Å².